The van der Waals surface area contributed by atoms with E-state index in [1.54, 1.807) is 0 Å². The molecule has 8 heteroatoms. The van der Waals surface area contributed by atoms with E-state index in [9.17, 15) is 29.2 Å². The van der Waals surface area contributed by atoms with Crippen molar-refractivity contribution in [3.05, 3.63) is 75.6 Å². The number of nitrogens with one attached hydrogen (secondary N) is 1. The molecule has 0 saturated heterocycles. The summed E-state index contributed by atoms with van der Waals surface area (Å²) in [6.07, 6.45) is -0.0898. The largest absolute Gasteiger partial charge is 0.480 e. The molecule has 7 nitrogen and oxygen atoms in total. The quantitative estimate of drug-likeness (QED) is 0.622. The number of benzene rings is 2. The maximum absolute atomic E-state index is 13.6. The van der Waals surface area contributed by atoms with E-state index < -0.39 is 28.7 Å². The zero-order valence-electron chi connectivity index (χ0n) is 12.3. The van der Waals surface area contributed by atoms with Crippen molar-refractivity contribution in [2.24, 2.45) is 0 Å². The van der Waals surface area contributed by atoms with Crippen molar-refractivity contribution in [1.29, 1.82) is 0 Å². The molecule has 0 aromatic heterocycles. The lowest BCUT2D eigenvalue weighted by Crippen LogP contribution is -2.42. The van der Waals surface area contributed by atoms with E-state index in [2.05, 4.69) is 5.32 Å². The number of non-ortho nitro benzene ring substituents is 1. The maximum Gasteiger partial charge on any atom is 0.326 e. The molecule has 2 aromatic rings. The van der Waals surface area contributed by atoms with Crippen molar-refractivity contribution in [3.63, 3.8) is 0 Å². The maximum atomic E-state index is 13.6. The number of halogens is 1. The first-order valence-electron chi connectivity index (χ1n) is 6.90. The van der Waals surface area contributed by atoms with Crippen LogP contribution in [0.5, 0.6) is 0 Å². The number of hydrogen-bond acceptors (Lipinski definition) is 4. The van der Waals surface area contributed by atoms with Crippen LogP contribution in [0.4, 0.5) is 10.1 Å². The molecule has 24 heavy (non-hydrogen) atoms. The minimum Gasteiger partial charge on any atom is -0.480 e. The minimum absolute atomic E-state index is 0.0898. The van der Waals surface area contributed by atoms with Gasteiger partial charge in [0.15, 0.2) is 0 Å². The lowest BCUT2D eigenvalue weighted by Gasteiger charge is -2.15. The van der Waals surface area contributed by atoms with Crippen LogP contribution in [0.1, 0.15) is 15.9 Å². The van der Waals surface area contributed by atoms with Gasteiger partial charge in [0.25, 0.3) is 11.6 Å². The van der Waals surface area contributed by atoms with Crippen LogP contribution < -0.4 is 5.32 Å². The summed E-state index contributed by atoms with van der Waals surface area (Å²) in [5, 5.41) is 22.1. The summed E-state index contributed by atoms with van der Waals surface area (Å²) < 4.78 is 13.6. The first-order valence-corrected chi connectivity index (χ1v) is 6.90. The van der Waals surface area contributed by atoms with Crippen LogP contribution >= 0.6 is 0 Å². The van der Waals surface area contributed by atoms with Crippen LogP contribution in [-0.4, -0.2) is 27.9 Å². The Morgan fingerprint density at radius 1 is 1.17 bits per heavy atom. The predicted molar refractivity (Wildman–Crippen MR) is 82.1 cm³/mol. The standard InChI is InChI=1S/C16H13FN2O5/c17-13-4-2-1-3-12(13)15(20)18-14(16(21)22)9-10-5-7-11(8-6-10)19(23)24/h1-8,14H,9H2,(H,18,20)(H,21,22)/t14-/m0/s1. The Bertz CT molecular complexity index is 776. The van der Waals surface area contributed by atoms with Crippen LogP contribution in [0, 0.1) is 15.9 Å². The Morgan fingerprint density at radius 3 is 2.33 bits per heavy atom. The van der Waals surface area contributed by atoms with E-state index in [-0.39, 0.29) is 17.7 Å². The highest BCUT2D eigenvalue weighted by Crippen LogP contribution is 2.14. The van der Waals surface area contributed by atoms with Crippen molar-refractivity contribution in [2.45, 2.75) is 12.5 Å². The van der Waals surface area contributed by atoms with E-state index in [1.807, 2.05) is 0 Å². The third-order valence-electron chi connectivity index (χ3n) is 3.31. The molecule has 2 N–H and O–H groups in total. The second-order valence-corrected chi connectivity index (χ2v) is 4.97. The van der Waals surface area contributed by atoms with Gasteiger partial charge >= 0.3 is 5.97 Å². The molecule has 1 amide bonds. The van der Waals surface area contributed by atoms with Gasteiger partial charge in [-0.25, -0.2) is 9.18 Å². The summed E-state index contributed by atoms with van der Waals surface area (Å²) >= 11 is 0. The smallest absolute Gasteiger partial charge is 0.326 e. The zero-order valence-corrected chi connectivity index (χ0v) is 12.3. The Hall–Kier alpha value is -3.29. The first-order chi connectivity index (χ1) is 11.4. The molecule has 0 unspecified atom stereocenters. The normalized spacial score (nSPS) is 11.5. The minimum atomic E-state index is -1.29. The number of amides is 1. The Kier molecular flexibility index (Phi) is 5.20. The molecule has 0 fully saturated rings. The zero-order chi connectivity index (χ0) is 17.7. The second-order valence-electron chi connectivity index (χ2n) is 4.97. The molecule has 0 heterocycles. The van der Waals surface area contributed by atoms with Gasteiger partial charge in [0.1, 0.15) is 11.9 Å². The topological polar surface area (TPSA) is 110 Å². The number of carboxylic acids is 1. The van der Waals surface area contributed by atoms with Gasteiger partial charge in [0, 0.05) is 18.6 Å². The van der Waals surface area contributed by atoms with E-state index in [4.69, 9.17) is 0 Å². The average Bonchev–Trinajstić information content (AvgIpc) is 2.54. The third-order valence-corrected chi connectivity index (χ3v) is 3.31. The highest BCUT2D eigenvalue weighted by Gasteiger charge is 2.22. The fourth-order valence-corrected chi connectivity index (χ4v) is 2.07. The molecule has 0 aliphatic rings. The van der Waals surface area contributed by atoms with E-state index in [1.165, 1.54) is 42.5 Å². The lowest BCUT2D eigenvalue weighted by molar-refractivity contribution is -0.384. The SMILES string of the molecule is O=C(N[C@@H](Cc1ccc([N+](=O)[O-])cc1)C(=O)O)c1ccccc1F. The van der Waals surface area contributed by atoms with Gasteiger partial charge in [-0.05, 0) is 17.7 Å². The molecular weight excluding hydrogens is 319 g/mol. The first kappa shape index (κ1) is 17.1. The number of nitro groups is 1. The molecular formula is C16H13FN2O5. The van der Waals surface area contributed by atoms with Gasteiger partial charge in [-0.1, -0.05) is 24.3 Å². The predicted octanol–water partition coefficient (Wildman–Crippen LogP) is 2.16. The molecule has 0 radical (unpaired) electrons. The van der Waals surface area contributed by atoms with Gasteiger partial charge in [-0.15, -0.1) is 0 Å². The molecule has 2 rings (SSSR count). The third kappa shape index (κ3) is 4.13. The Labute approximate surface area is 135 Å². The highest BCUT2D eigenvalue weighted by molar-refractivity contribution is 5.96. The van der Waals surface area contributed by atoms with Crippen molar-refractivity contribution in [3.8, 4) is 0 Å². The van der Waals surface area contributed by atoms with E-state index >= 15 is 0 Å². The summed E-state index contributed by atoms with van der Waals surface area (Å²) in [7, 11) is 0. The number of rotatable bonds is 6. The molecule has 0 aliphatic heterocycles. The van der Waals surface area contributed by atoms with Crippen molar-refractivity contribution in [1.82, 2.24) is 5.32 Å². The molecule has 0 saturated carbocycles. The Morgan fingerprint density at radius 2 is 1.79 bits per heavy atom. The number of nitrogens with zero attached hydrogens (tertiary/aromatic N) is 1. The average molecular weight is 332 g/mol. The molecule has 0 bridgehead atoms. The Balaban J connectivity index is 2.12. The fourth-order valence-electron chi connectivity index (χ4n) is 2.07. The van der Waals surface area contributed by atoms with Crippen LogP contribution in [0.2, 0.25) is 0 Å². The summed E-state index contributed by atoms with van der Waals surface area (Å²) in [6, 6.07) is 9.23. The van der Waals surface area contributed by atoms with Gasteiger partial charge in [0.2, 0.25) is 0 Å². The van der Waals surface area contributed by atoms with Gasteiger partial charge in [-0.3, -0.25) is 14.9 Å². The highest BCUT2D eigenvalue weighted by atomic mass is 19.1. The lowest BCUT2D eigenvalue weighted by atomic mass is 10.0. The molecule has 1 atom stereocenters. The van der Waals surface area contributed by atoms with Crippen LogP contribution in [0.3, 0.4) is 0 Å². The van der Waals surface area contributed by atoms with Crippen molar-refractivity contribution >= 4 is 17.6 Å². The van der Waals surface area contributed by atoms with Gasteiger partial charge in [0.05, 0.1) is 10.5 Å². The number of carboxylic acid groups (broad SMARTS) is 1. The van der Waals surface area contributed by atoms with Gasteiger partial charge in [-0.2, -0.15) is 0 Å². The van der Waals surface area contributed by atoms with Crippen molar-refractivity contribution in [2.75, 3.05) is 0 Å². The van der Waals surface area contributed by atoms with E-state index in [0.717, 1.165) is 6.07 Å². The number of aliphatic carboxylic acids is 1. The van der Waals surface area contributed by atoms with Crippen LogP contribution in [0.15, 0.2) is 48.5 Å². The molecule has 2 aromatic carbocycles. The molecule has 0 spiro atoms. The molecule has 0 aliphatic carbocycles. The summed E-state index contributed by atoms with van der Waals surface area (Å²) in [5.74, 6) is -2.89. The number of carbonyl (C=O) groups excluding carboxylic acids is 1. The summed E-state index contributed by atoms with van der Waals surface area (Å²) in [6.45, 7) is 0. The van der Waals surface area contributed by atoms with Gasteiger partial charge < -0.3 is 10.4 Å². The molecule has 124 valence electrons. The van der Waals surface area contributed by atoms with E-state index in [0.29, 0.717) is 5.56 Å². The number of carbonyl (C=O) groups is 2. The summed E-state index contributed by atoms with van der Waals surface area (Å²) in [4.78, 5) is 33.3. The van der Waals surface area contributed by atoms with Crippen LogP contribution in [-0.2, 0) is 11.2 Å². The van der Waals surface area contributed by atoms with Crippen molar-refractivity contribution < 1.29 is 24.0 Å². The monoisotopic (exact) mass is 332 g/mol. The van der Waals surface area contributed by atoms with Crippen LogP contribution in [0.25, 0.3) is 0 Å². The summed E-state index contributed by atoms with van der Waals surface area (Å²) in [5.41, 5.74) is 0.107. The number of hydrogen-bond donors (Lipinski definition) is 2. The number of nitro benzene ring substituents is 1. The second kappa shape index (κ2) is 7.32. The fraction of sp³-hybridized carbons (Fsp3) is 0.125.